The second-order valence-corrected chi connectivity index (χ2v) is 6.60. The molecule has 1 aromatic heterocycles. The third-order valence-electron chi connectivity index (χ3n) is 4.22. The van der Waals surface area contributed by atoms with Crippen molar-refractivity contribution in [3.63, 3.8) is 0 Å². The first-order valence-corrected chi connectivity index (χ1v) is 8.04. The largest absolute Gasteiger partial charge is 0.486 e. The summed E-state index contributed by atoms with van der Waals surface area (Å²) in [6.07, 6.45) is 6.78. The quantitative estimate of drug-likeness (QED) is 0.778. The summed E-state index contributed by atoms with van der Waals surface area (Å²) >= 11 is 0. The fourth-order valence-corrected chi connectivity index (χ4v) is 2.97. The van der Waals surface area contributed by atoms with Crippen molar-refractivity contribution < 1.29 is 4.74 Å². The molecule has 0 saturated heterocycles. The molecule has 1 atom stereocenters. The first-order chi connectivity index (χ1) is 10.1. The molecule has 0 amide bonds. The summed E-state index contributed by atoms with van der Waals surface area (Å²) in [5, 5.41) is 0. The summed E-state index contributed by atoms with van der Waals surface area (Å²) in [4.78, 5) is 12.0. The van der Waals surface area contributed by atoms with Crippen LogP contribution in [0.15, 0.2) is 12.2 Å². The number of anilines is 1. The van der Waals surface area contributed by atoms with Crippen molar-refractivity contribution in [3.05, 3.63) is 23.7 Å². The molecule has 21 heavy (non-hydrogen) atoms. The molecule has 0 spiro atoms. The molecule has 0 bridgehead atoms. The maximum atomic E-state index is 6.08. The van der Waals surface area contributed by atoms with Gasteiger partial charge in [-0.2, -0.15) is 0 Å². The maximum Gasteiger partial charge on any atom is 0.183 e. The van der Waals surface area contributed by atoms with Gasteiger partial charge in [-0.1, -0.05) is 39.8 Å². The number of aromatic nitrogens is 2. The van der Waals surface area contributed by atoms with Gasteiger partial charge in [0.2, 0.25) is 0 Å². The standard InChI is InChI=1S/C17H25N3O/c1-11(2)14-15-17(19-16(18-14)12(3)4)20-9-7-5-6-8-13(20)10-21-15/h5,7,11-13H,6,8-10H2,1-4H3. The molecule has 0 aliphatic carbocycles. The van der Waals surface area contributed by atoms with E-state index in [1.807, 2.05) is 0 Å². The summed E-state index contributed by atoms with van der Waals surface area (Å²) in [5.41, 5.74) is 1.05. The number of rotatable bonds is 2. The Kier molecular flexibility index (Phi) is 3.87. The molecular weight excluding hydrogens is 262 g/mol. The van der Waals surface area contributed by atoms with Crippen molar-refractivity contribution in [2.45, 2.75) is 58.4 Å². The Labute approximate surface area is 127 Å². The Morgan fingerprint density at radius 3 is 2.67 bits per heavy atom. The lowest BCUT2D eigenvalue weighted by atomic mass is 10.1. The van der Waals surface area contributed by atoms with Gasteiger partial charge in [-0.3, -0.25) is 0 Å². The van der Waals surface area contributed by atoms with E-state index in [2.05, 4.69) is 44.7 Å². The first kappa shape index (κ1) is 14.4. The Hall–Kier alpha value is -1.58. The molecule has 0 saturated carbocycles. The van der Waals surface area contributed by atoms with Gasteiger partial charge in [-0.05, 0) is 18.8 Å². The third kappa shape index (κ3) is 2.63. The van der Waals surface area contributed by atoms with Gasteiger partial charge in [0, 0.05) is 12.5 Å². The Morgan fingerprint density at radius 1 is 1.14 bits per heavy atom. The van der Waals surface area contributed by atoms with Crippen LogP contribution in [0.25, 0.3) is 0 Å². The normalized spacial score (nSPS) is 21.0. The zero-order valence-corrected chi connectivity index (χ0v) is 13.5. The smallest absolute Gasteiger partial charge is 0.183 e. The second-order valence-electron chi connectivity index (χ2n) is 6.60. The van der Waals surface area contributed by atoms with E-state index in [1.54, 1.807) is 0 Å². The van der Waals surface area contributed by atoms with Crippen molar-refractivity contribution in [1.29, 1.82) is 0 Å². The minimum Gasteiger partial charge on any atom is -0.486 e. The van der Waals surface area contributed by atoms with E-state index in [0.717, 1.165) is 49.1 Å². The highest BCUT2D eigenvalue weighted by molar-refractivity contribution is 5.59. The van der Waals surface area contributed by atoms with Gasteiger partial charge < -0.3 is 9.64 Å². The van der Waals surface area contributed by atoms with Crippen molar-refractivity contribution >= 4 is 5.82 Å². The molecule has 2 aliphatic rings. The fraction of sp³-hybridized carbons (Fsp3) is 0.647. The second kappa shape index (κ2) is 5.66. The minimum atomic E-state index is 0.329. The van der Waals surface area contributed by atoms with Crippen molar-refractivity contribution in [1.82, 2.24) is 9.97 Å². The van der Waals surface area contributed by atoms with Crippen LogP contribution in [0.4, 0.5) is 5.82 Å². The van der Waals surface area contributed by atoms with Crippen LogP contribution in [0, 0.1) is 0 Å². The average Bonchev–Trinajstić information content (AvgIpc) is 2.70. The summed E-state index contributed by atoms with van der Waals surface area (Å²) < 4.78 is 6.08. The molecule has 0 N–H and O–H groups in total. The number of fused-ring (bicyclic) bond motifs is 3. The average molecular weight is 287 g/mol. The Bertz CT molecular complexity index is 551. The summed E-state index contributed by atoms with van der Waals surface area (Å²) in [7, 11) is 0. The SMILES string of the molecule is CC(C)c1nc(C(C)C)c2c(n1)N1CC=CCCC1CO2. The predicted octanol–water partition coefficient (Wildman–Crippen LogP) is 3.64. The lowest BCUT2D eigenvalue weighted by Crippen LogP contribution is -2.43. The van der Waals surface area contributed by atoms with Crippen LogP contribution in [0.3, 0.4) is 0 Å². The van der Waals surface area contributed by atoms with Crippen LogP contribution in [0.2, 0.25) is 0 Å². The highest BCUT2D eigenvalue weighted by atomic mass is 16.5. The van der Waals surface area contributed by atoms with Crippen molar-refractivity contribution in [3.8, 4) is 5.75 Å². The van der Waals surface area contributed by atoms with Gasteiger partial charge in [-0.15, -0.1) is 0 Å². The topological polar surface area (TPSA) is 38.2 Å². The fourth-order valence-electron chi connectivity index (χ4n) is 2.97. The van der Waals surface area contributed by atoms with Crippen LogP contribution in [-0.4, -0.2) is 29.2 Å². The zero-order chi connectivity index (χ0) is 15.0. The van der Waals surface area contributed by atoms with E-state index < -0.39 is 0 Å². The number of nitrogens with zero attached hydrogens (tertiary/aromatic N) is 3. The van der Waals surface area contributed by atoms with E-state index in [9.17, 15) is 0 Å². The molecule has 0 fully saturated rings. The van der Waals surface area contributed by atoms with Crippen molar-refractivity contribution in [2.24, 2.45) is 0 Å². The predicted molar refractivity (Wildman–Crippen MR) is 85.2 cm³/mol. The number of allylic oxidation sites excluding steroid dienone is 1. The van der Waals surface area contributed by atoms with E-state index in [1.165, 1.54) is 0 Å². The van der Waals surface area contributed by atoms with Gasteiger partial charge in [0.05, 0.1) is 11.7 Å². The van der Waals surface area contributed by atoms with Crippen LogP contribution in [0.5, 0.6) is 5.75 Å². The van der Waals surface area contributed by atoms with Gasteiger partial charge in [-0.25, -0.2) is 9.97 Å². The van der Waals surface area contributed by atoms with Crippen molar-refractivity contribution in [2.75, 3.05) is 18.1 Å². The summed E-state index contributed by atoms with van der Waals surface area (Å²) in [6, 6.07) is 0.433. The van der Waals surface area contributed by atoms with Crippen LogP contribution in [-0.2, 0) is 0 Å². The van der Waals surface area contributed by atoms with E-state index in [0.29, 0.717) is 17.9 Å². The molecular formula is C17H25N3O. The molecule has 4 nitrogen and oxygen atoms in total. The Morgan fingerprint density at radius 2 is 1.95 bits per heavy atom. The highest BCUT2D eigenvalue weighted by Gasteiger charge is 2.32. The summed E-state index contributed by atoms with van der Waals surface area (Å²) in [5.74, 6) is 3.50. The lowest BCUT2D eigenvalue weighted by molar-refractivity contribution is 0.251. The molecule has 114 valence electrons. The molecule has 3 rings (SSSR count). The van der Waals surface area contributed by atoms with Crippen LogP contribution >= 0.6 is 0 Å². The number of hydrogen-bond acceptors (Lipinski definition) is 4. The van der Waals surface area contributed by atoms with E-state index in [-0.39, 0.29) is 0 Å². The molecule has 0 radical (unpaired) electrons. The van der Waals surface area contributed by atoms with E-state index >= 15 is 0 Å². The molecule has 4 heteroatoms. The monoisotopic (exact) mass is 287 g/mol. The highest BCUT2D eigenvalue weighted by Crippen LogP contribution is 2.39. The third-order valence-corrected chi connectivity index (χ3v) is 4.22. The molecule has 2 aliphatic heterocycles. The zero-order valence-electron chi connectivity index (χ0n) is 13.5. The van der Waals surface area contributed by atoms with Crippen LogP contribution < -0.4 is 9.64 Å². The van der Waals surface area contributed by atoms with Gasteiger partial charge >= 0.3 is 0 Å². The van der Waals surface area contributed by atoms with Gasteiger partial charge in [0.15, 0.2) is 11.6 Å². The maximum absolute atomic E-state index is 6.08. The van der Waals surface area contributed by atoms with E-state index in [4.69, 9.17) is 14.7 Å². The molecule has 1 unspecified atom stereocenters. The Balaban J connectivity index is 2.11. The molecule has 1 aromatic rings. The first-order valence-electron chi connectivity index (χ1n) is 8.04. The van der Waals surface area contributed by atoms with Crippen LogP contribution in [0.1, 0.15) is 63.9 Å². The number of hydrogen-bond donors (Lipinski definition) is 0. The van der Waals surface area contributed by atoms with Gasteiger partial charge in [0.25, 0.3) is 0 Å². The lowest BCUT2D eigenvalue weighted by Gasteiger charge is -2.37. The minimum absolute atomic E-state index is 0.329. The van der Waals surface area contributed by atoms with Gasteiger partial charge in [0.1, 0.15) is 12.4 Å². The number of ether oxygens (including phenoxy) is 1. The molecule has 3 heterocycles. The molecule has 0 aromatic carbocycles. The summed E-state index contributed by atoms with van der Waals surface area (Å²) in [6.45, 7) is 10.3.